The third kappa shape index (κ3) is 4.86. The lowest BCUT2D eigenvalue weighted by Gasteiger charge is -2.32. The lowest BCUT2D eigenvalue weighted by atomic mass is 10.0. The number of rotatable bonds is 7. The summed E-state index contributed by atoms with van der Waals surface area (Å²) in [6.07, 6.45) is 10.9. The molecule has 114 valence electrons. The van der Waals surface area contributed by atoms with Gasteiger partial charge in [-0.25, -0.2) is 0 Å². The lowest BCUT2D eigenvalue weighted by molar-refractivity contribution is 0.176. The quantitative estimate of drug-likeness (QED) is 0.568. The summed E-state index contributed by atoms with van der Waals surface area (Å²) in [5.41, 5.74) is 0. The first-order valence-corrected chi connectivity index (χ1v) is 9.63. The van der Waals surface area contributed by atoms with Crippen LogP contribution in [-0.2, 0) is 0 Å². The molecule has 0 saturated carbocycles. The van der Waals surface area contributed by atoms with Crippen molar-refractivity contribution in [2.45, 2.75) is 52.0 Å². The maximum absolute atomic E-state index is 4.54. The van der Waals surface area contributed by atoms with Crippen LogP contribution in [-0.4, -0.2) is 41.0 Å². The Balaban J connectivity index is 1.67. The van der Waals surface area contributed by atoms with Gasteiger partial charge in [-0.2, -0.15) is 5.10 Å². The molecule has 1 aliphatic heterocycles. The van der Waals surface area contributed by atoms with Gasteiger partial charge in [-0.1, -0.05) is 35.3 Å². The molecule has 2 heterocycles. The van der Waals surface area contributed by atoms with Gasteiger partial charge in [-0.05, 0) is 38.4 Å². The van der Waals surface area contributed by atoms with Crippen molar-refractivity contribution in [3.63, 3.8) is 0 Å². The summed E-state index contributed by atoms with van der Waals surface area (Å²) < 4.78 is 2.21. The van der Waals surface area contributed by atoms with Gasteiger partial charge in [0.25, 0.3) is 0 Å². The highest BCUT2D eigenvalue weighted by molar-refractivity contribution is 7.46. The van der Waals surface area contributed by atoms with E-state index in [-0.39, 0.29) is 0 Å². The summed E-state index contributed by atoms with van der Waals surface area (Å²) >= 11 is 0. The molecule has 1 aromatic heterocycles. The zero-order chi connectivity index (χ0) is 14.4. The molecule has 0 aliphatic carbocycles. The molecule has 1 unspecified atom stereocenters. The Kier molecular flexibility index (Phi) is 6.51. The highest BCUT2D eigenvalue weighted by Gasteiger charge is 2.20. The van der Waals surface area contributed by atoms with Crippen molar-refractivity contribution in [1.29, 1.82) is 0 Å². The molecule has 0 aromatic carbocycles. The largest absolute Gasteiger partial charge is 0.303 e. The van der Waals surface area contributed by atoms with Gasteiger partial charge < -0.3 is 4.90 Å². The predicted molar refractivity (Wildman–Crippen MR) is 89.5 cm³/mol. The molecule has 1 atom stereocenters. The molecule has 0 spiro atoms. The van der Waals surface area contributed by atoms with Gasteiger partial charge in [-0.3, -0.25) is 4.68 Å². The predicted octanol–water partition coefficient (Wildman–Crippen LogP) is 3.28. The number of nitrogens with zero attached hydrogens (tertiary/aromatic N) is 3. The lowest BCUT2D eigenvalue weighted by Crippen LogP contribution is -2.35. The fourth-order valence-electron chi connectivity index (χ4n) is 2.96. The maximum atomic E-state index is 4.54. The smallest absolute Gasteiger partial charge is 0.0563 e. The van der Waals surface area contributed by atoms with Crippen molar-refractivity contribution in [3.05, 3.63) is 12.4 Å². The van der Waals surface area contributed by atoms with Gasteiger partial charge in [-0.15, -0.1) is 0 Å². The van der Waals surface area contributed by atoms with Crippen LogP contribution in [0.1, 0.15) is 52.0 Å². The number of hydrogen-bond acceptors (Lipinski definition) is 2. The Bertz CT molecular complexity index is 381. The maximum Gasteiger partial charge on any atom is 0.0563 e. The van der Waals surface area contributed by atoms with Crippen LogP contribution in [0.5, 0.6) is 0 Å². The minimum Gasteiger partial charge on any atom is -0.303 e. The van der Waals surface area contributed by atoms with E-state index in [2.05, 4.69) is 41.4 Å². The number of aromatic nitrogens is 2. The monoisotopic (exact) mass is 295 g/mol. The van der Waals surface area contributed by atoms with E-state index < -0.39 is 0 Å². The highest BCUT2D eigenvalue weighted by Crippen LogP contribution is 2.22. The Labute approximate surface area is 125 Å². The van der Waals surface area contributed by atoms with E-state index in [1.54, 1.807) is 0 Å². The van der Waals surface area contributed by atoms with E-state index in [0.717, 1.165) is 14.5 Å². The van der Waals surface area contributed by atoms with Crippen molar-refractivity contribution in [3.8, 4) is 0 Å². The van der Waals surface area contributed by atoms with Crippen LogP contribution in [0.4, 0.5) is 0 Å². The summed E-state index contributed by atoms with van der Waals surface area (Å²) in [5.74, 6) is 0.856. The van der Waals surface area contributed by atoms with E-state index in [0.29, 0.717) is 6.04 Å². The van der Waals surface area contributed by atoms with Crippen molar-refractivity contribution in [2.75, 3.05) is 26.3 Å². The van der Waals surface area contributed by atoms with Gasteiger partial charge in [0.1, 0.15) is 0 Å². The van der Waals surface area contributed by atoms with Crippen molar-refractivity contribution >= 4 is 13.9 Å². The minimum absolute atomic E-state index is 0.631. The average Bonchev–Trinajstić information content (AvgIpc) is 2.93. The number of unbranched alkanes of at least 4 members (excludes halogenated alkanes) is 1. The first kappa shape index (κ1) is 16.0. The number of piperidine rings is 1. The molecule has 2 rings (SSSR count). The zero-order valence-electron chi connectivity index (χ0n) is 13.3. The highest BCUT2D eigenvalue weighted by atomic mass is 31.1. The molecule has 1 aliphatic rings. The van der Waals surface area contributed by atoms with E-state index in [1.807, 2.05) is 6.20 Å². The van der Waals surface area contributed by atoms with Crippen LogP contribution in [0.15, 0.2) is 12.4 Å². The number of hydrogen-bond donors (Lipinski definition) is 0. The fourth-order valence-corrected chi connectivity index (χ4v) is 3.41. The third-order valence-electron chi connectivity index (χ3n) is 4.33. The molecule has 3 nitrogen and oxygen atoms in total. The second-order valence-corrected chi connectivity index (χ2v) is 7.50. The van der Waals surface area contributed by atoms with Gasteiger partial charge in [0.05, 0.1) is 12.2 Å². The molecular formula is C16H30N3P. The molecule has 0 amide bonds. The zero-order valence-corrected chi connectivity index (χ0v) is 14.3. The molecule has 20 heavy (non-hydrogen) atoms. The Morgan fingerprint density at radius 1 is 1.30 bits per heavy atom. The summed E-state index contributed by atoms with van der Waals surface area (Å²) in [6.45, 7) is 10.6. The van der Waals surface area contributed by atoms with Gasteiger partial charge in [0, 0.05) is 24.6 Å². The summed E-state index contributed by atoms with van der Waals surface area (Å²) in [6, 6.07) is 0.631. The first-order chi connectivity index (χ1) is 9.69. The first-order valence-electron chi connectivity index (χ1n) is 8.13. The third-order valence-corrected chi connectivity index (χ3v) is 5.16. The van der Waals surface area contributed by atoms with E-state index >= 15 is 0 Å². The molecule has 4 heteroatoms. The fraction of sp³-hybridized carbons (Fsp3) is 0.812. The molecule has 0 N–H and O–H groups in total. The van der Waals surface area contributed by atoms with Crippen LogP contribution in [0.3, 0.4) is 0 Å². The topological polar surface area (TPSA) is 21.1 Å². The molecule has 1 aromatic rings. The van der Waals surface area contributed by atoms with Gasteiger partial charge in [0.2, 0.25) is 0 Å². The standard InChI is InChI=1S/C16H30N3P/c1-14(2)6-4-5-9-18-10-7-15(8-11-18)19-13-16(20-3)12-17-19/h12-15,20H,4-11H2,1-3H3. The van der Waals surface area contributed by atoms with Crippen LogP contribution in [0, 0.1) is 5.92 Å². The van der Waals surface area contributed by atoms with Crippen molar-refractivity contribution in [2.24, 2.45) is 5.92 Å². The van der Waals surface area contributed by atoms with Crippen LogP contribution in [0.25, 0.3) is 0 Å². The van der Waals surface area contributed by atoms with E-state index in [9.17, 15) is 0 Å². The second-order valence-electron chi connectivity index (χ2n) is 6.42. The van der Waals surface area contributed by atoms with E-state index in [4.69, 9.17) is 0 Å². The van der Waals surface area contributed by atoms with Crippen LogP contribution >= 0.6 is 8.58 Å². The summed E-state index contributed by atoms with van der Waals surface area (Å²) in [5, 5.41) is 5.93. The minimum atomic E-state index is 0.631. The number of likely N-dealkylation sites (tertiary alicyclic amines) is 1. The summed E-state index contributed by atoms with van der Waals surface area (Å²) in [4.78, 5) is 2.64. The summed E-state index contributed by atoms with van der Waals surface area (Å²) in [7, 11) is 0.864. The van der Waals surface area contributed by atoms with Crippen LogP contribution in [0.2, 0.25) is 0 Å². The molecule has 1 saturated heterocycles. The molecular weight excluding hydrogens is 265 g/mol. The Morgan fingerprint density at radius 3 is 2.65 bits per heavy atom. The van der Waals surface area contributed by atoms with E-state index in [1.165, 1.54) is 57.0 Å². The van der Waals surface area contributed by atoms with Crippen LogP contribution < -0.4 is 5.30 Å². The SMILES string of the molecule is CPc1cnn(C2CCN(CCCCC(C)C)CC2)c1. The second kappa shape index (κ2) is 8.14. The van der Waals surface area contributed by atoms with Crippen molar-refractivity contribution in [1.82, 2.24) is 14.7 Å². The average molecular weight is 295 g/mol. The van der Waals surface area contributed by atoms with Crippen molar-refractivity contribution < 1.29 is 0 Å². The molecule has 1 fully saturated rings. The Hall–Kier alpha value is -0.400. The Morgan fingerprint density at radius 2 is 2.05 bits per heavy atom. The normalized spacial score (nSPS) is 18.6. The molecule has 0 bridgehead atoms. The van der Waals surface area contributed by atoms with Gasteiger partial charge in [0.15, 0.2) is 0 Å². The van der Waals surface area contributed by atoms with Gasteiger partial charge >= 0.3 is 0 Å². The molecule has 0 radical (unpaired) electrons.